The Labute approximate surface area is 122 Å². The molecule has 0 amide bonds. The van der Waals surface area contributed by atoms with E-state index in [0.717, 1.165) is 0 Å². The van der Waals surface area contributed by atoms with Gasteiger partial charge in [-0.2, -0.15) is 0 Å². The Bertz CT molecular complexity index is 634. The van der Waals surface area contributed by atoms with E-state index in [1.54, 1.807) is 33.1 Å². The predicted molar refractivity (Wildman–Crippen MR) is 76.8 cm³/mol. The largest absolute Gasteiger partial charge is 0.497 e. The second-order valence-corrected chi connectivity index (χ2v) is 4.71. The highest BCUT2D eigenvalue weighted by Gasteiger charge is 2.09. The molecule has 6 heteroatoms. The number of aryl methyl sites for hydroxylation is 2. The number of aromatic nitrogens is 2. The Morgan fingerprint density at radius 1 is 1.30 bits per heavy atom. The van der Waals surface area contributed by atoms with Crippen molar-refractivity contribution in [3.05, 3.63) is 46.1 Å². The number of rotatable bonds is 4. The average molecular weight is 296 g/mol. The van der Waals surface area contributed by atoms with E-state index < -0.39 is 0 Å². The molecule has 1 N–H and O–H groups in total. The number of anilines is 1. The minimum absolute atomic E-state index is 0.263. The van der Waals surface area contributed by atoms with Gasteiger partial charge in [-0.1, -0.05) is 11.6 Å². The van der Waals surface area contributed by atoms with Gasteiger partial charge >= 0.3 is 0 Å². The van der Waals surface area contributed by atoms with Crippen LogP contribution in [0.2, 0.25) is 5.02 Å². The molecule has 0 atom stereocenters. The van der Waals surface area contributed by atoms with E-state index in [1.807, 2.05) is 0 Å². The average Bonchev–Trinajstić information content (AvgIpc) is 2.42. The van der Waals surface area contributed by atoms with Crippen LogP contribution >= 0.6 is 11.6 Å². The third-order valence-electron chi connectivity index (χ3n) is 2.83. The normalized spacial score (nSPS) is 10.4. The van der Waals surface area contributed by atoms with Crippen molar-refractivity contribution in [1.29, 1.82) is 0 Å². The second kappa shape index (κ2) is 6.05. The molecule has 20 heavy (non-hydrogen) atoms. The van der Waals surface area contributed by atoms with Crippen molar-refractivity contribution in [3.8, 4) is 5.75 Å². The highest BCUT2D eigenvalue weighted by Crippen LogP contribution is 2.24. The molecule has 1 heterocycles. The molecule has 0 aliphatic heterocycles. The number of nitrogens with one attached hydrogen (secondary N) is 1. The topological polar surface area (TPSA) is 47.0 Å². The lowest BCUT2D eigenvalue weighted by molar-refractivity contribution is 0.413. The molecule has 106 valence electrons. The Morgan fingerprint density at radius 3 is 2.75 bits per heavy atom. The van der Waals surface area contributed by atoms with Crippen molar-refractivity contribution in [1.82, 2.24) is 9.97 Å². The van der Waals surface area contributed by atoms with Crippen LogP contribution in [0.3, 0.4) is 0 Å². The summed E-state index contributed by atoms with van der Waals surface area (Å²) in [5.74, 6) is 1.40. The van der Waals surface area contributed by atoms with E-state index in [1.165, 1.54) is 6.07 Å². The lowest BCUT2D eigenvalue weighted by Gasteiger charge is -2.11. The van der Waals surface area contributed by atoms with Gasteiger partial charge in [-0.05, 0) is 32.0 Å². The van der Waals surface area contributed by atoms with Gasteiger partial charge in [0.25, 0.3) is 0 Å². The fraction of sp³-hybridized carbons (Fsp3) is 0.286. The molecular formula is C14H15ClFN3O. The quantitative estimate of drug-likeness (QED) is 0.938. The zero-order valence-electron chi connectivity index (χ0n) is 11.5. The van der Waals surface area contributed by atoms with Gasteiger partial charge in [-0.3, -0.25) is 0 Å². The maximum absolute atomic E-state index is 13.7. The van der Waals surface area contributed by atoms with Gasteiger partial charge in [0.1, 0.15) is 28.2 Å². The number of hydrogen-bond acceptors (Lipinski definition) is 4. The summed E-state index contributed by atoms with van der Waals surface area (Å²) in [6, 6.07) is 4.58. The lowest BCUT2D eigenvalue weighted by atomic mass is 10.2. The van der Waals surface area contributed by atoms with E-state index in [2.05, 4.69) is 15.3 Å². The van der Waals surface area contributed by atoms with Crippen LogP contribution in [-0.4, -0.2) is 17.1 Å². The Morgan fingerprint density at radius 2 is 2.05 bits per heavy atom. The molecule has 0 spiro atoms. The summed E-state index contributed by atoms with van der Waals surface area (Å²) in [6.07, 6.45) is 0. The maximum atomic E-state index is 13.7. The molecule has 0 radical (unpaired) electrons. The molecule has 0 aliphatic rings. The number of hydrogen-bond donors (Lipinski definition) is 1. The molecule has 4 nitrogen and oxygen atoms in total. The van der Waals surface area contributed by atoms with Crippen molar-refractivity contribution in [2.24, 2.45) is 0 Å². The molecule has 0 aliphatic carbocycles. The Balaban J connectivity index is 2.21. The maximum Gasteiger partial charge on any atom is 0.149 e. The van der Waals surface area contributed by atoms with Gasteiger partial charge in [0, 0.05) is 12.1 Å². The number of ether oxygens (including phenoxy) is 1. The van der Waals surface area contributed by atoms with Gasteiger partial charge < -0.3 is 10.1 Å². The van der Waals surface area contributed by atoms with Crippen LogP contribution in [0.5, 0.6) is 5.75 Å². The summed E-state index contributed by atoms with van der Waals surface area (Å²) in [5.41, 5.74) is 1.17. The van der Waals surface area contributed by atoms with E-state index >= 15 is 0 Å². The molecular weight excluding hydrogens is 281 g/mol. The van der Waals surface area contributed by atoms with Crippen LogP contribution < -0.4 is 10.1 Å². The van der Waals surface area contributed by atoms with Crippen LogP contribution in [0.4, 0.5) is 10.2 Å². The van der Waals surface area contributed by atoms with E-state index in [4.69, 9.17) is 16.3 Å². The van der Waals surface area contributed by atoms with Crippen LogP contribution in [0.25, 0.3) is 0 Å². The van der Waals surface area contributed by atoms with E-state index in [-0.39, 0.29) is 12.4 Å². The summed E-state index contributed by atoms with van der Waals surface area (Å²) in [4.78, 5) is 8.37. The zero-order valence-corrected chi connectivity index (χ0v) is 12.3. The number of benzene rings is 1. The van der Waals surface area contributed by atoms with Crippen LogP contribution in [-0.2, 0) is 6.54 Å². The lowest BCUT2D eigenvalue weighted by Crippen LogP contribution is -2.07. The van der Waals surface area contributed by atoms with Crippen molar-refractivity contribution in [3.63, 3.8) is 0 Å². The molecule has 0 fully saturated rings. The number of methoxy groups -OCH3 is 1. The highest BCUT2D eigenvalue weighted by molar-refractivity contribution is 6.33. The fourth-order valence-corrected chi connectivity index (χ4v) is 1.96. The van der Waals surface area contributed by atoms with Gasteiger partial charge in [-0.15, -0.1) is 0 Å². The third kappa shape index (κ3) is 3.17. The third-order valence-corrected chi connectivity index (χ3v) is 3.28. The monoisotopic (exact) mass is 295 g/mol. The predicted octanol–water partition coefficient (Wildman–Crippen LogP) is 3.51. The molecule has 0 unspecified atom stereocenters. The van der Waals surface area contributed by atoms with Gasteiger partial charge in [0.15, 0.2) is 0 Å². The first-order valence-corrected chi connectivity index (χ1v) is 6.46. The Hall–Kier alpha value is -1.88. The van der Waals surface area contributed by atoms with Crippen LogP contribution in [0, 0.1) is 19.7 Å². The number of halogens is 2. The summed E-state index contributed by atoms with van der Waals surface area (Å²) >= 11 is 6.12. The number of nitrogens with zero attached hydrogens (tertiary/aromatic N) is 2. The first-order valence-electron chi connectivity index (χ1n) is 6.08. The molecule has 0 bridgehead atoms. The van der Waals surface area contributed by atoms with Gasteiger partial charge in [0.2, 0.25) is 0 Å². The zero-order chi connectivity index (χ0) is 14.7. The van der Waals surface area contributed by atoms with Gasteiger partial charge in [0.05, 0.1) is 12.8 Å². The minimum Gasteiger partial charge on any atom is -0.497 e. The SMILES string of the molecule is COc1ccc(F)c(CNc2nc(C)nc(C)c2Cl)c1. The standard InChI is InChI=1S/C14H15ClFN3O/c1-8-13(15)14(19-9(2)18-8)17-7-10-6-11(20-3)4-5-12(10)16/h4-6H,7H2,1-3H3,(H,17,18,19). The molecule has 2 aromatic rings. The summed E-state index contributed by atoms with van der Waals surface area (Å²) in [5, 5.41) is 3.47. The summed E-state index contributed by atoms with van der Waals surface area (Å²) < 4.78 is 18.8. The van der Waals surface area contributed by atoms with Crippen molar-refractivity contribution in [2.75, 3.05) is 12.4 Å². The van der Waals surface area contributed by atoms with Gasteiger partial charge in [-0.25, -0.2) is 14.4 Å². The van der Waals surface area contributed by atoms with E-state index in [0.29, 0.717) is 33.7 Å². The molecule has 0 saturated heterocycles. The van der Waals surface area contributed by atoms with E-state index in [9.17, 15) is 4.39 Å². The first kappa shape index (κ1) is 14.5. The molecule has 1 aromatic heterocycles. The van der Waals surface area contributed by atoms with Crippen LogP contribution in [0.15, 0.2) is 18.2 Å². The van der Waals surface area contributed by atoms with Crippen molar-refractivity contribution in [2.45, 2.75) is 20.4 Å². The van der Waals surface area contributed by atoms with Crippen LogP contribution in [0.1, 0.15) is 17.1 Å². The summed E-state index contributed by atoms with van der Waals surface area (Å²) in [7, 11) is 1.54. The first-order chi connectivity index (χ1) is 9.51. The molecule has 2 rings (SSSR count). The van der Waals surface area contributed by atoms with Crippen molar-refractivity contribution >= 4 is 17.4 Å². The minimum atomic E-state index is -0.308. The highest BCUT2D eigenvalue weighted by atomic mass is 35.5. The van der Waals surface area contributed by atoms with Crippen molar-refractivity contribution < 1.29 is 9.13 Å². The molecule has 0 saturated carbocycles. The molecule has 1 aromatic carbocycles. The fourth-order valence-electron chi connectivity index (χ4n) is 1.81. The Kier molecular flexibility index (Phi) is 4.39. The smallest absolute Gasteiger partial charge is 0.149 e. The second-order valence-electron chi connectivity index (χ2n) is 4.33. The summed E-state index contributed by atoms with van der Waals surface area (Å²) in [6.45, 7) is 3.84.